The molecular weight excluding hydrogens is 348 g/mol. The smallest absolute Gasteiger partial charge is 0.199 e. The quantitative estimate of drug-likeness (QED) is 0.546. The van der Waals surface area contributed by atoms with Crippen molar-refractivity contribution in [1.82, 2.24) is 19.6 Å². The van der Waals surface area contributed by atoms with Gasteiger partial charge in [0.05, 0.1) is 16.4 Å². The van der Waals surface area contributed by atoms with Gasteiger partial charge < -0.3 is 9.67 Å². The van der Waals surface area contributed by atoms with Crippen molar-refractivity contribution < 1.29 is 5.11 Å². The predicted molar refractivity (Wildman–Crippen MR) is 104 cm³/mol. The van der Waals surface area contributed by atoms with Gasteiger partial charge in [-0.1, -0.05) is 35.0 Å². The fourth-order valence-electron chi connectivity index (χ4n) is 3.21. The molecule has 1 N–H and O–H groups in total. The van der Waals surface area contributed by atoms with Gasteiger partial charge in [0, 0.05) is 28.6 Å². The predicted octanol–water partition coefficient (Wildman–Crippen LogP) is 5.14. The molecule has 0 fully saturated rings. The number of aromatic nitrogens is 4. The van der Waals surface area contributed by atoms with Crippen LogP contribution in [-0.2, 0) is 0 Å². The lowest BCUT2D eigenvalue weighted by Gasteiger charge is -2.07. The summed E-state index contributed by atoms with van der Waals surface area (Å²) in [7, 11) is 0. The lowest BCUT2D eigenvalue weighted by atomic mass is 10.1. The number of fused-ring (bicyclic) bond motifs is 1. The standard InChI is InChI=1S/C20H19ClN4O/c1-12(2)24-11-15-10-14(8-9-16(15)20(24)26)19-13(3)25(23-22-19)18-7-5-4-6-17(18)21/h4-12,26H,1-3H3. The normalized spacial score (nSPS) is 11.6. The van der Waals surface area contributed by atoms with Crippen LogP contribution in [0.2, 0.25) is 5.02 Å². The van der Waals surface area contributed by atoms with E-state index in [2.05, 4.69) is 10.3 Å². The van der Waals surface area contributed by atoms with Gasteiger partial charge in [-0.15, -0.1) is 5.10 Å². The molecule has 4 aromatic rings. The molecule has 0 bridgehead atoms. The highest BCUT2D eigenvalue weighted by Gasteiger charge is 2.16. The molecule has 0 unspecified atom stereocenters. The zero-order valence-electron chi connectivity index (χ0n) is 14.8. The van der Waals surface area contributed by atoms with Gasteiger partial charge in [0.25, 0.3) is 0 Å². The van der Waals surface area contributed by atoms with Crippen molar-refractivity contribution in [3.8, 4) is 22.8 Å². The third-order valence-electron chi connectivity index (χ3n) is 4.62. The van der Waals surface area contributed by atoms with E-state index in [1.165, 1.54) is 0 Å². The van der Waals surface area contributed by atoms with E-state index in [0.29, 0.717) is 5.02 Å². The molecule has 0 aliphatic heterocycles. The van der Waals surface area contributed by atoms with Crippen LogP contribution in [0.1, 0.15) is 25.6 Å². The molecule has 0 amide bonds. The highest BCUT2D eigenvalue weighted by atomic mass is 35.5. The second-order valence-corrected chi connectivity index (χ2v) is 7.05. The average molecular weight is 367 g/mol. The fourth-order valence-corrected chi connectivity index (χ4v) is 3.43. The number of rotatable bonds is 3. The van der Waals surface area contributed by atoms with Crippen LogP contribution in [0.25, 0.3) is 27.7 Å². The van der Waals surface area contributed by atoms with Gasteiger partial charge in [-0.3, -0.25) is 0 Å². The van der Waals surface area contributed by atoms with Crippen molar-refractivity contribution in [3.05, 3.63) is 59.4 Å². The number of para-hydroxylation sites is 1. The van der Waals surface area contributed by atoms with Crippen LogP contribution in [0.3, 0.4) is 0 Å². The third-order valence-corrected chi connectivity index (χ3v) is 4.94. The number of benzene rings is 2. The first-order valence-electron chi connectivity index (χ1n) is 8.48. The summed E-state index contributed by atoms with van der Waals surface area (Å²) in [5, 5.41) is 21.4. The Hall–Kier alpha value is -2.79. The van der Waals surface area contributed by atoms with E-state index in [0.717, 1.165) is 33.4 Å². The van der Waals surface area contributed by atoms with Gasteiger partial charge in [0.1, 0.15) is 5.69 Å². The lowest BCUT2D eigenvalue weighted by molar-refractivity contribution is 0.405. The summed E-state index contributed by atoms with van der Waals surface area (Å²) in [6.45, 7) is 6.05. The third kappa shape index (κ3) is 2.56. The Morgan fingerprint density at radius 1 is 1.12 bits per heavy atom. The molecule has 0 saturated carbocycles. The lowest BCUT2D eigenvalue weighted by Crippen LogP contribution is -1.99. The maximum Gasteiger partial charge on any atom is 0.199 e. The van der Waals surface area contributed by atoms with Gasteiger partial charge in [-0.2, -0.15) is 0 Å². The average Bonchev–Trinajstić information content (AvgIpc) is 3.16. The number of halogens is 1. The molecule has 4 rings (SSSR count). The molecule has 0 atom stereocenters. The molecular formula is C20H19ClN4O. The molecule has 0 saturated heterocycles. The Bertz CT molecular complexity index is 1110. The van der Waals surface area contributed by atoms with Crippen LogP contribution in [-0.4, -0.2) is 24.7 Å². The van der Waals surface area contributed by atoms with Crippen molar-refractivity contribution >= 4 is 22.4 Å². The Kier molecular flexibility index (Phi) is 3.96. The number of nitrogens with zero attached hydrogens (tertiary/aromatic N) is 4. The van der Waals surface area contributed by atoms with E-state index in [4.69, 9.17) is 11.6 Å². The van der Waals surface area contributed by atoms with E-state index in [1.807, 2.05) is 74.0 Å². The SMILES string of the molecule is Cc1c(-c2ccc3c(O)n(C(C)C)cc3c2)nnn1-c1ccccc1Cl. The molecule has 6 heteroatoms. The number of hydrogen-bond acceptors (Lipinski definition) is 3. The summed E-state index contributed by atoms with van der Waals surface area (Å²) in [6.07, 6.45) is 1.96. The summed E-state index contributed by atoms with van der Waals surface area (Å²) in [5.41, 5.74) is 3.46. The molecule has 0 radical (unpaired) electrons. The Morgan fingerprint density at radius 2 is 1.88 bits per heavy atom. The zero-order chi connectivity index (χ0) is 18.4. The Labute approximate surface area is 156 Å². The van der Waals surface area contributed by atoms with Crippen molar-refractivity contribution in [1.29, 1.82) is 0 Å². The maximum atomic E-state index is 10.4. The second-order valence-electron chi connectivity index (χ2n) is 6.64. The summed E-state index contributed by atoms with van der Waals surface area (Å²) in [5.74, 6) is 0.290. The zero-order valence-corrected chi connectivity index (χ0v) is 15.6. The summed E-state index contributed by atoms with van der Waals surface area (Å²) >= 11 is 6.29. The van der Waals surface area contributed by atoms with Gasteiger partial charge in [0.2, 0.25) is 0 Å². The molecule has 2 heterocycles. The Morgan fingerprint density at radius 3 is 2.62 bits per heavy atom. The van der Waals surface area contributed by atoms with Gasteiger partial charge in [-0.05, 0) is 45.0 Å². The van der Waals surface area contributed by atoms with Crippen LogP contribution in [0, 0.1) is 6.92 Å². The first kappa shape index (κ1) is 16.7. The number of hydrogen-bond donors (Lipinski definition) is 1. The van der Waals surface area contributed by atoms with Crippen LogP contribution in [0.15, 0.2) is 48.7 Å². The molecule has 5 nitrogen and oxygen atoms in total. The monoisotopic (exact) mass is 366 g/mol. The van der Waals surface area contributed by atoms with E-state index in [-0.39, 0.29) is 11.9 Å². The summed E-state index contributed by atoms with van der Waals surface area (Å²) in [6, 6.07) is 13.7. The van der Waals surface area contributed by atoms with E-state index in [9.17, 15) is 5.11 Å². The van der Waals surface area contributed by atoms with E-state index >= 15 is 0 Å². The van der Waals surface area contributed by atoms with Crippen LogP contribution in [0.5, 0.6) is 5.88 Å². The van der Waals surface area contributed by atoms with Crippen molar-refractivity contribution in [2.75, 3.05) is 0 Å². The fraction of sp³-hybridized carbons (Fsp3) is 0.200. The molecule has 0 spiro atoms. The molecule has 0 aliphatic rings. The first-order chi connectivity index (χ1) is 12.5. The van der Waals surface area contributed by atoms with Crippen LogP contribution < -0.4 is 0 Å². The molecule has 2 aromatic heterocycles. The minimum Gasteiger partial charge on any atom is -0.494 e. The molecule has 132 valence electrons. The second kappa shape index (κ2) is 6.18. The minimum absolute atomic E-state index is 0.189. The van der Waals surface area contributed by atoms with Crippen molar-refractivity contribution in [3.63, 3.8) is 0 Å². The number of aromatic hydroxyl groups is 1. The highest BCUT2D eigenvalue weighted by Crippen LogP contribution is 2.34. The van der Waals surface area contributed by atoms with Crippen molar-refractivity contribution in [2.45, 2.75) is 26.8 Å². The van der Waals surface area contributed by atoms with Gasteiger partial charge in [0.15, 0.2) is 5.88 Å². The van der Waals surface area contributed by atoms with Gasteiger partial charge in [-0.25, -0.2) is 4.68 Å². The van der Waals surface area contributed by atoms with E-state index < -0.39 is 0 Å². The first-order valence-corrected chi connectivity index (χ1v) is 8.86. The Balaban J connectivity index is 1.83. The summed E-state index contributed by atoms with van der Waals surface area (Å²) < 4.78 is 3.61. The highest BCUT2D eigenvalue weighted by molar-refractivity contribution is 6.32. The van der Waals surface area contributed by atoms with Gasteiger partial charge >= 0.3 is 0 Å². The molecule has 0 aliphatic carbocycles. The van der Waals surface area contributed by atoms with E-state index in [1.54, 1.807) is 4.68 Å². The molecule has 26 heavy (non-hydrogen) atoms. The topological polar surface area (TPSA) is 55.9 Å². The van der Waals surface area contributed by atoms with Crippen LogP contribution >= 0.6 is 11.6 Å². The van der Waals surface area contributed by atoms with Crippen molar-refractivity contribution in [2.24, 2.45) is 0 Å². The van der Waals surface area contributed by atoms with Crippen LogP contribution in [0.4, 0.5) is 0 Å². The molecule has 2 aromatic carbocycles. The maximum absolute atomic E-state index is 10.4. The summed E-state index contributed by atoms with van der Waals surface area (Å²) in [4.78, 5) is 0. The largest absolute Gasteiger partial charge is 0.494 e. The minimum atomic E-state index is 0.189.